The van der Waals surface area contributed by atoms with Gasteiger partial charge in [-0.2, -0.15) is 5.10 Å². The standard InChI is InChI=1S/C11H17N5O/c1-11(2,3)10-13-7-6(9(17)14-10)8(12-4)16(5)15-7/h12H,1-5H3,(H,13,14,15,17). The highest BCUT2D eigenvalue weighted by Crippen LogP contribution is 2.21. The molecule has 2 heterocycles. The third kappa shape index (κ3) is 1.79. The van der Waals surface area contributed by atoms with Crippen molar-refractivity contribution in [2.24, 2.45) is 7.05 Å². The minimum atomic E-state index is -0.204. The van der Waals surface area contributed by atoms with Crippen LogP contribution < -0.4 is 10.9 Å². The van der Waals surface area contributed by atoms with Gasteiger partial charge in [-0.15, -0.1) is 0 Å². The van der Waals surface area contributed by atoms with Crippen LogP contribution in [0, 0.1) is 0 Å². The molecule has 0 bridgehead atoms. The second kappa shape index (κ2) is 3.58. The first-order chi connectivity index (χ1) is 7.84. The maximum absolute atomic E-state index is 12.1. The molecule has 6 heteroatoms. The van der Waals surface area contributed by atoms with Crippen LogP contribution in [0.4, 0.5) is 5.82 Å². The Balaban J connectivity index is 2.82. The SMILES string of the molecule is CNc1c2c(=O)[nH]c(C(C)(C)C)nc2nn1C. The molecule has 2 rings (SSSR count). The summed E-state index contributed by atoms with van der Waals surface area (Å²) in [7, 11) is 3.54. The topological polar surface area (TPSA) is 75.6 Å². The van der Waals surface area contributed by atoms with Gasteiger partial charge in [0.25, 0.3) is 5.56 Å². The van der Waals surface area contributed by atoms with E-state index in [1.54, 1.807) is 18.8 Å². The molecule has 0 saturated carbocycles. The average Bonchev–Trinajstić information content (AvgIpc) is 2.52. The van der Waals surface area contributed by atoms with Gasteiger partial charge in [0, 0.05) is 19.5 Å². The van der Waals surface area contributed by atoms with E-state index in [9.17, 15) is 4.79 Å². The first kappa shape index (κ1) is 11.6. The molecule has 0 aliphatic rings. The Morgan fingerprint density at radius 3 is 2.53 bits per heavy atom. The first-order valence-electron chi connectivity index (χ1n) is 5.50. The van der Waals surface area contributed by atoms with E-state index in [0.717, 1.165) is 0 Å². The van der Waals surface area contributed by atoms with Gasteiger partial charge in [0.05, 0.1) is 0 Å². The smallest absolute Gasteiger partial charge is 0.264 e. The molecule has 0 amide bonds. The van der Waals surface area contributed by atoms with Gasteiger partial charge >= 0.3 is 0 Å². The molecule has 2 aromatic heterocycles. The summed E-state index contributed by atoms with van der Waals surface area (Å²) in [6.45, 7) is 6.00. The normalized spacial score (nSPS) is 12.1. The van der Waals surface area contributed by atoms with Crippen LogP contribution in [0.3, 0.4) is 0 Å². The molecule has 0 unspecified atom stereocenters. The lowest BCUT2D eigenvalue weighted by molar-refractivity contribution is 0.545. The molecule has 0 saturated heterocycles. The monoisotopic (exact) mass is 235 g/mol. The van der Waals surface area contributed by atoms with Crippen molar-refractivity contribution in [1.82, 2.24) is 19.7 Å². The van der Waals surface area contributed by atoms with Crippen molar-refractivity contribution in [2.75, 3.05) is 12.4 Å². The predicted octanol–water partition coefficient (Wildman–Crippen LogP) is 0.996. The minimum absolute atomic E-state index is 0.155. The van der Waals surface area contributed by atoms with E-state index >= 15 is 0 Å². The number of anilines is 1. The van der Waals surface area contributed by atoms with Crippen molar-refractivity contribution in [3.63, 3.8) is 0 Å². The molecule has 0 spiro atoms. The van der Waals surface area contributed by atoms with Crippen LogP contribution in [-0.2, 0) is 12.5 Å². The predicted molar refractivity (Wildman–Crippen MR) is 67.4 cm³/mol. The Morgan fingerprint density at radius 2 is 2.00 bits per heavy atom. The Hall–Kier alpha value is -1.85. The van der Waals surface area contributed by atoms with Gasteiger partial charge in [0.1, 0.15) is 17.0 Å². The van der Waals surface area contributed by atoms with Gasteiger partial charge in [-0.3, -0.25) is 4.79 Å². The molecule has 2 N–H and O–H groups in total. The number of nitrogens with one attached hydrogen (secondary N) is 2. The first-order valence-corrected chi connectivity index (χ1v) is 5.50. The molecule has 0 aliphatic carbocycles. The van der Waals surface area contributed by atoms with E-state index in [1.807, 2.05) is 20.8 Å². The number of aromatic amines is 1. The molecule has 6 nitrogen and oxygen atoms in total. The van der Waals surface area contributed by atoms with Crippen molar-refractivity contribution in [1.29, 1.82) is 0 Å². The van der Waals surface area contributed by atoms with Gasteiger partial charge < -0.3 is 10.3 Å². The van der Waals surface area contributed by atoms with Crippen molar-refractivity contribution >= 4 is 16.9 Å². The number of fused-ring (bicyclic) bond motifs is 1. The quantitative estimate of drug-likeness (QED) is 0.773. The molecule has 0 aromatic carbocycles. The summed E-state index contributed by atoms with van der Waals surface area (Å²) in [4.78, 5) is 19.3. The highest BCUT2D eigenvalue weighted by Gasteiger charge is 2.21. The Morgan fingerprint density at radius 1 is 1.35 bits per heavy atom. The van der Waals surface area contributed by atoms with Crippen LogP contribution in [0.15, 0.2) is 4.79 Å². The zero-order chi connectivity index (χ0) is 12.8. The van der Waals surface area contributed by atoms with E-state index < -0.39 is 0 Å². The summed E-state index contributed by atoms with van der Waals surface area (Å²) < 4.78 is 1.62. The second-order valence-electron chi connectivity index (χ2n) is 5.09. The fraction of sp³-hybridized carbons (Fsp3) is 0.545. The van der Waals surface area contributed by atoms with Crippen LogP contribution >= 0.6 is 0 Å². The van der Waals surface area contributed by atoms with Crippen LogP contribution in [0.2, 0.25) is 0 Å². The number of aryl methyl sites for hydroxylation is 1. The van der Waals surface area contributed by atoms with Crippen LogP contribution in [0.1, 0.15) is 26.6 Å². The van der Waals surface area contributed by atoms with Crippen molar-refractivity contribution in [3.8, 4) is 0 Å². The summed E-state index contributed by atoms with van der Waals surface area (Å²) in [5.74, 6) is 1.32. The molecule has 0 fully saturated rings. The fourth-order valence-corrected chi connectivity index (χ4v) is 1.74. The van der Waals surface area contributed by atoms with Gasteiger partial charge in [0.15, 0.2) is 5.65 Å². The highest BCUT2D eigenvalue weighted by atomic mass is 16.1. The Bertz CT molecular complexity index is 617. The Kier molecular flexibility index (Phi) is 2.45. The van der Waals surface area contributed by atoms with E-state index in [0.29, 0.717) is 22.7 Å². The zero-order valence-corrected chi connectivity index (χ0v) is 10.7. The molecule has 92 valence electrons. The second-order valence-corrected chi connectivity index (χ2v) is 5.09. The molecule has 2 aromatic rings. The largest absolute Gasteiger partial charge is 0.373 e. The summed E-state index contributed by atoms with van der Waals surface area (Å²) in [5, 5.41) is 7.70. The minimum Gasteiger partial charge on any atom is -0.373 e. The van der Waals surface area contributed by atoms with Crippen LogP contribution in [0.25, 0.3) is 11.0 Å². The molecule has 0 radical (unpaired) electrons. The lowest BCUT2D eigenvalue weighted by atomic mass is 9.96. The van der Waals surface area contributed by atoms with Crippen molar-refractivity contribution in [3.05, 3.63) is 16.2 Å². The lowest BCUT2D eigenvalue weighted by Crippen LogP contribution is -2.22. The summed E-state index contributed by atoms with van der Waals surface area (Å²) in [6.07, 6.45) is 0. The molecular formula is C11H17N5O. The molecule has 0 atom stereocenters. The van der Waals surface area contributed by atoms with Crippen LogP contribution in [0.5, 0.6) is 0 Å². The molecule has 17 heavy (non-hydrogen) atoms. The zero-order valence-electron chi connectivity index (χ0n) is 10.7. The number of rotatable bonds is 1. The van der Waals surface area contributed by atoms with E-state index in [-0.39, 0.29) is 11.0 Å². The summed E-state index contributed by atoms with van der Waals surface area (Å²) in [5.41, 5.74) is 0.118. The van der Waals surface area contributed by atoms with E-state index in [1.165, 1.54) is 0 Å². The van der Waals surface area contributed by atoms with Gasteiger partial charge in [-0.05, 0) is 0 Å². The number of hydrogen-bond acceptors (Lipinski definition) is 4. The highest BCUT2D eigenvalue weighted by molar-refractivity contribution is 5.86. The van der Waals surface area contributed by atoms with Crippen molar-refractivity contribution < 1.29 is 0 Å². The van der Waals surface area contributed by atoms with Crippen LogP contribution in [-0.4, -0.2) is 26.8 Å². The number of aromatic nitrogens is 4. The fourth-order valence-electron chi connectivity index (χ4n) is 1.74. The van der Waals surface area contributed by atoms with Gasteiger partial charge in [0.2, 0.25) is 0 Å². The van der Waals surface area contributed by atoms with Gasteiger partial charge in [-0.1, -0.05) is 20.8 Å². The molecule has 0 aliphatic heterocycles. The number of H-pyrrole nitrogens is 1. The van der Waals surface area contributed by atoms with E-state index in [2.05, 4.69) is 20.4 Å². The number of nitrogens with zero attached hydrogens (tertiary/aromatic N) is 3. The lowest BCUT2D eigenvalue weighted by Gasteiger charge is -2.16. The van der Waals surface area contributed by atoms with E-state index in [4.69, 9.17) is 0 Å². The summed E-state index contributed by atoms with van der Waals surface area (Å²) >= 11 is 0. The third-order valence-corrected chi connectivity index (χ3v) is 2.65. The molecular weight excluding hydrogens is 218 g/mol. The maximum atomic E-state index is 12.1. The maximum Gasteiger partial charge on any atom is 0.264 e. The van der Waals surface area contributed by atoms with Gasteiger partial charge in [-0.25, -0.2) is 9.67 Å². The number of hydrogen-bond donors (Lipinski definition) is 2. The Labute approximate surface area is 99.1 Å². The third-order valence-electron chi connectivity index (χ3n) is 2.65. The van der Waals surface area contributed by atoms with Crippen molar-refractivity contribution in [2.45, 2.75) is 26.2 Å². The average molecular weight is 235 g/mol. The summed E-state index contributed by atoms with van der Waals surface area (Å²) in [6, 6.07) is 0.